The highest BCUT2D eigenvalue weighted by Gasteiger charge is 2.22. The predicted molar refractivity (Wildman–Crippen MR) is 508 cm³/mol. The van der Waals surface area contributed by atoms with Crippen molar-refractivity contribution in [1.82, 2.24) is 0 Å². The molecule has 0 bridgehead atoms. The van der Waals surface area contributed by atoms with Crippen LogP contribution in [0.25, 0.3) is 0 Å². The van der Waals surface area contributed by atoms with E-state index in [1.54, 1.807) is 116 Å². The van der Waals surface area contributed by atoms with Gasteiger partial charge in [-0.2, -0.15) is 0 Å². The molecule has 2 atom stereocenters. The van der Waals surface area contributed by atoms with Gasteiger partial charge in [-0.3, -0.25) is 38.4 Å². The number of carbonyl (C=O) groups excluding carboxylic acids is 14. The van der Waals surface area contributed by atoms with E-state index >= 15 is 0 Å². The lowest BCUT2D eigenvalue weighted by molar-refractivity contribution is -0.147. The Morgan fingerprint density at radius 3 is 0.913 bits per heavy atom. The van der Waals surface area contributed by atoms with Gasteiger partial charge in [0.05, 0.1) is 96.0 Å². The third kappa shape index (κ3) is 53.9. The van der Waals surface area contributed by atoms with Crippen molar-refractivity contribution in [3.63, 3.8) is 0 Å². The molecular weight excluding hydrogens is 1790 g/mol. The molecule has 6 aromatic carbocycles. The second-order valence-corrected chi connectivity index (χ2v) is 32.2. The number of aliphatic hydroxyl groups is 1. The summed E-state index contributed by atoms with van der Waals surface area (Å²) in [5, 5.41) is 9.64. The summed E-state index contributed by atoms with van der Waals surface area (Å²) in [7, 11) is 0. The molecule has 2 unspecified atom stereocenters. The molecule has 0 aromatic heterocycles. The minimum atomic E-state index is -0.610. The van der Waals surface area contributed by atoms with Gasteiger partial charge in [0.2, 0.25) is 0 Å². The normalized spacial score (nSPS) is 11.1. The molecule has 6 rings (SSSR count). The van der Waals surface area contributed by atoms with Crippen LogP contribution in [-0.2, 0) is 95.3 Å². The molecule has 0 saturated heterocycles. The van der Waals surface area contributed by atoms with Gasteiger partial charge in [-0.25, -0.2) is 28.8 Å². The van der Waals surface area contributed by atoms with Crippen LogP contribution in [0.2, 0.25) is 0 Å². The van der Waals surface area contributed by atoms with E-state index in [1.807, 2.05) is 26.0 Å². The van der Waals surface area contributed by atoms with Crippen molar-refractivity contribution >= 4 is 83.6 Å². The Balaban J connectivity index is 0.000000632. The summed E-state index contributed by atoms with van der Waals surface area (Å²) >= 11 is 0. The molecule has 0 spiro atoms. The molecule has 0 saturated carbocycles. The van der Waals surface area contributed by atoms with E-state index in [4.69, 9.17) is 80.5 Å². The van der Waals surface area contributed by atoms with E-state index in [-0.39, 0.29) is 182 Å². The number of unbranched alkanes of at least 4 members (excludes halogenated alkanes) is 12. The summed E-state index contributed by atoms with van der Waals surface area (Å²) in [6.07, 6.45) is 17.9. The van der Waals surface area contributed by atoms with E-state index in [2.05, 4.69) is 20.1 Å². The Labute approximate surface area is 808 Å². The predicted octanol–water partition coefficient (Wildman–Crippen LogP) is 18.9. The molecule has 0 aliphatic rings. The molecule has 0 aliphatic carbocycles. The summed E-state index contributed by atoms with van der Waals surface area (Å²) in [5.74, 6) is -3.25. The zero-order valence-corrected chi connectivity index (χ0v) is 80.1. The van der Waals surface area contributed by atoms with Crippen LogP contribution < -0.4 is 33.2 Å². The molecule has 752 valence electrons. The van der Waals surface area contributed by atoms with Gasteiger partial charge in [0.15, 0.2) is 0 Å². The summed E-state index contributed by atoms with van der Waals surface area (Å²) in [5.41, 5.74) is 2.71. The zero-order valence-electron chi connectivity index (χ0n) is 80.1. The Kier molecular flexibility index (Phi) is 59.5. The maximum Gasteiger partial charge on any atom is 0.347 e. The maximum absolute atomic E-state index is 12.9. The molecule has 0 aliphatic heterocycles. The van der Waals surface area contributed by atoms with Crippen molar-refractivity contribution < 1.29 is 153 Å². The van der Waals surface area contributed by atoms with E-state index in [1.165, 1.54) is 24.3 Å². The molecule has 0 radical (unpaired) electrons. The number of carbonyl (C=O) groups is 14. The molecular formula is C106H136O32. The van der Waals surface area contributed by atoms with Crippen LogP contribution in [0.4, 0.5) is 0 Å². The first-order valence-corrected chi connectivity index (χ1v) is 47.7. The van der Waals surface area contributed by atoms with E-state index in [0.717, 1.165) is 50.2 Å². The number of ether oxygens (including phenoxy) is 17. The molecule has 32 nitrogen and oxygen atoms in total. The SMILES string of the molecule is C=C(C)C(=O)OCCCCC(=O)OCCCCC(=O)OCCCCC(=O)OCCCCC(=O)OCCCCC(=O)OCCCCC(=O)OCCCCC(=O)OCCCCC(=O)OCCCCCCOc1ccc(C(=O)Oc2ccc(OC(=O)c3ccc(C)cc3)cc2)cc1.C=CC(=O)OC(CC)CCCOc1ccc(C(=O)Oc2ccc(OC(=O)c3ccccc3OC(CO)CCCC)cc2)cc1. The third-order valence-corrected chi connectivity index (χ3v) is 20.5. The fraction of sp³-hybridized carbons (Fsp3) is 0.491. The standard InChI is InChI=1S/C71H96O23.C35H40O9/c1-54(2)69(80)92-53-23-13-31-68(79)91-52-22-12-30-67(78)90-51-21-11-29-66(77)89-50-20-10-28-65(76)88-49-19-9-27-64(75)87-48-18-8-26-63(74)86-47-17-7-25-62(73)85-46-16-6-24-61(72)84-45-15-5-4-14-44-83-58-38-36-57(37-39-58)71(82)94-60-42-40-59(41-43-60)93-70(81)56-34-32-55(3)33-35-56;1-4-7-11-30(24-36)41-32-14-9-8-13-31(32)35(39)44-29-21-19-28(20-22-29)43-34(38)25-15-17-27(18-16-25)40-23-10-12-26(5-2)42-33(37)6-3/h32-43H,1,4-31,44-53H2,2-3H3;6,8-9,13-22,26,30,36H,3-5,7,10-12,23-24H2,1-2H3. The van der Waals surface area contributed by atoms with Crippen LogP contribution in [0.1, 0.15) is 286 Å². The maximum atomic E-state index is 12.9. The highest BCUT2D eigenvalue weighted by atomic mass is 16.6. The average molecular weight is 1920 g/mol. The number of para-hydroxylation sites is 1. The molecule has 32 heteroatoms. The van der Waals surface area contributed by atoms with Crippen LogP contribution in [0.15, 0.2) is 170 Å². The first-order valence-electron chi connectivity index (χ1n) is 47.7. The van der Waals surface area contributed by atoms with Gasteiger partial charge in [-0.15, -0.1) is 0 Å². The minimum absolute atomic E-state index is 0.154. The molecule has 0 fully saturated rings. The van der Waals surface area contributed by atoms with Crippen LogP contribution in [0.3, 0.4) is 0 Å². The molecule has 0 heterocycles. The number of aliphatic hydroxyl groups excluding tert-OH is 1. The van der Waals surface area contributed by atoms with Crippen molar-refractivity contribution in [2.45, 2.75) is 258 Å². The molecule has 138 heavy (non-hydrogen) atoms. The number of benzene rings is 6. The summed E-state index contributed by atoms with van der Waals surface area (Å²) in [4.78, 5) is 170. The van der Waals surface area contributed by atoms with Crippen molar-refractivity contribution in [2.75, 3.05) is 79.3 Å². The van der Waals surface area contributed by atoms with Crippen LogP contribution in [0, 0.1) is 6.92 Å². The Hall–Kier alpha value is -13.3. The van der Waals surface area contributed by atoms with E-state index < -0.39 is 41.9 Å². The molecule has 6 aromatic rings. The van der Waals surface area contributed by atoms with Crippen LogP contribution in [-0.4, -0.2) is 180 Å². The molecule has 1 N–H and O–H groups in total. The number of aryl methyl sites for hydroxylation is 1. The lowest BCUT2D eigenvalue weighted by Crippen LogP contribution is -2.22. The monoisotopic (exact) mass is 1920 g/mol. The fourth-order valence-corrected chi connectivity index (χ4v) is 12.5. The highest BCUT2D eigenvalue weighted by molar-refractivity contribution is 5.95. The molecule has 0 amide bonds. The van der Waals surface area contributed by atoms with Gasteiger partial charge < -0.3 is 85.6 Å². The lowest BCUT2D eigenvalue weighted by atomic mass is 10.1. The smallest absolute Gasteiger partial charge is 0.347 e. The van der Waals surface area contributed by atoms with Crippen molar-refractivity contribution in [2.24, 2.45) is 0 Å². The summed E-state index contributed by atoms with van der Waals surface area (Å²) in [6, 6.07) is 39.3. The Morgan fingerprint density at radius 1 is 0.319 bits per heavy atom. The number of hydrogen-bond donors (Lipinski definition) is 1. The fourth-order valence-electron chi connectivity index (χ4n) is 12.5. The van der Waals surface area contributed by atoms with Gasteiger partial charge in [-0.05, 0) is 296 Å². The van der Waals surface area contributed by atoms with Crippen molar-refractivity contribution in [3.8, 4) is 40.2 Å². The Bertz CT molecular complexity index is 4660. The average Bonchev–Trinajstić information content (AvgIpc) is 0.838. The van der Waals surface area contributed by atoms with Gasteiger partial charge in [0, 0.05) is 63.0 Å². The van der Waals surface area contributed by atoms with Crippen LogP contribution in [0.5, 0.6) is 40.2 Å². The zero-order chi connectivity index (χ0) is 100.0. The third-order valence-electron chi connectivity index (χ3n) is 20.5. The van der Waals surface area contributed by atoms with Gasteiger partial charge in [0.1, 0.15) is 58.0 Å². The van der Waals surface area contributed by atoms with Gasteiger partial charge in [-0.1, -0.05) is 63.3 Å². The minimum Gasteiger partial charge on any atom is -0.494 e. The highest BCUT2D eigenvalue weighted by Crippen LogP contribution is 2.28. The van der Waals surface area contributed by atoms with E-state index in [9.17, 15) is 72.2 Å². The number of hydrogen-bond acceptors (Lipinski definition) is 32. The second-order valence-electron chi connectivity index (χ2n) is 32.2. The first-order chi connectivity index (χ1) is 66.8. The van der Waals surface area contributed by atoms with Crippen molar-refractivity contribution in [3.05, 3.63) is 198 Å². The van der Waals surface area contributed by atoms with Crippen molar-refractivity contribution in [1.29, 1.82) is 0 Å². The largest absolute Gasteiger partial charge is 0.494 e. The topological polar surface area (TPSA) is 416 Å². The van der Waals surface area contributed by atoms with E-state index in [0.29, 0.717) is 199 Å². The summed E-state index contributed by atoms with van der Waals surface area (Å²) < 4.78 is 91.3. The second kappa shape index (κ2) is 71.3. The van der Waals surface area contributed by atoms with Gasteiger partial charge in [0.25, 0.3) is 0 Å². The number of rotatable bonds is 71. The quantitative estimate of drug-likeness (QED) is 0.0122. The lowest BCUT2D eigenvalue weighted by Gasteiger charge is -2.18. The van der Waals surface area contributed by atoms with Gasteiger partial charge >= 0.3 is 83.6 Å². The van der Waals surface area contributed by atoms with Crippen LogP contribution >= 0.6 is 0 Å². The first kappa shape index (κ1) is 115. The Morgan fingerprint density at radius 2 is 0.601 bits per heavy atom. The summed E-state index contributed by atoms with van der Waals surface area (Å²) in [6.45, 7) is 17.0. The number of esters is 14.